The summed E-state index contributed by atoms with van der Waals surface area (Å²) in [5.41, 5.74) is -0.183. The molecule has 0 radical (unpaired) electrons. The van der Waals surface area contributed by atoms with Crippen molar-refractivity contribution in [2.24, 2.45) is 0 Å². The standard InChI is InChI=1S/C18H22F2N4O2S/c1-2-24-7-5-15(6-8-24)22-18-4-3-17(12-21-18)27(25,26)23-16-10-13(19)9-14(20)11-16/h3-4,9-12,15,23H,2,5-8H2,1H3,(H,21,22). The Morgan fingerprint density at radius 3 is 2.37 bits per heavy atom. The predicted octanol–water partition coefficient (Wildman–Crippen LogP) is 3.06. The van der Waals surface area contributed by atoms with Gasteiger partial charge in [0.1, 0.15) is 22.3 Å². The van der Waals surface area contributed by atoms with Gasteiger partial charge in [-0.05, 0) is 43.7 Å². The maximum atomic E-state index is 13.2. The monoisotopic (exact) mass is 396 g/mol. The van der Waals surface area contributed by atoms with Gasteiger partial charge in [-0.15, -0.1) is 0 Å². The number of piperidine rings is 1. The number of pyridine rings is 1. The highest BCUT2D eigenvalue weighted by Gasteiger charge is 2.19. The highest BCUT2D eigenvalue weighted by atomic mass is 32.2. The smallest absolute Gasteiger partial charge is 0.263 e. The van der Waals surface area contributed by atoms with Crippen LogP contribution < -0.4 is 10.0 Å². The van der Waals surface area contributed by atoms with Crippen LogP contribution in [0.1, 0.15) is 19.8 Å². The van der Waals surface area contributed by atoms with Crippen LogP contribution in [0.5, 0.6) is 0 Å². The number of likely N-dealkylation sites (tertiary alicyclic amines) is 1. The minimum atomic E-state index is -3.99. The van der Waals surface area contributed by atoms with Gasteiger partial charge >= 0.3 is 0 Å². The summed E-state index contributed by atoms with van der Waals surface area (Å²) in [7, 11) is -3.99. The summed E-state index contributed by atoms with van der Waals surface area (Å²) < 4.78 is 53.4. The Bertz CT molecular complexity index is 862. The average Bonchev–Trinajstić information content (AvgIpc) is 2.61. The van der Waals surface area contributed by atoms with Gasteiger partial charge in [0.05, 0.1) is 5.69 Å². The molecule has 146 valence electrons. The van der Waals surface area contributed by atoms with E-state index >= 15 is 0 Å². The lowest BCUT2D eigenvalue weighted by molar-refractivity contribution is 0.229. The third-order valence-electron chi connectivity index (χ3n) is 4.55. The first kappa shape index (κ1) is 19.5. The minimum Gasteiger partial charge on any atom is -0.367 e. The van der Waals surface area contributed by atoms with E-state index in [4.69, 9.17) is 0 Å². The van der Waals surface area contributed by atoms with Crippen LogP contribution in [-0.2, 0) is 10.0 Å². The number of nitrogens with zero attached hydrogens (tertiary/aromatic N) is 2. The fraction of sp³-hybridized carbons (Fsp3) is 0.389. The summed E-state index contributed by atoms with van der Waals surface area (Å²) >= 11 is 0. The molecule has 1 aliphatic rings. The molecular formula is C18H22F2N4O2S. The Labute approximate surface area is 157 Å². The van der Waals surface area contributed by atoms with E-state index in [1.54, 1.807) is 6.07 Å². The van der Waals surface area contributed by atoms with Crippen LogP contribution in [0.15, 0.2) is 41.4 Å². The van der Waals surface area contributed by atoms with Gasteiger partial charge in [-0.3, -0.25) is 4.72 Å². The van der Waals surface area contributed by atoms with Crippen molar-refractivity contribution in [3.8, 4) is 0 Å². The van der Waals surface area contributed by atoms with E-state index in [9.17, 15) is 17.2 Å². The number of hydrogen-bond acceptors (Lipinski definition) is 5. The average molecular weight is 396 g/mol. The molecule has 1 aromatic carbocycles. The third kappa shape index (κ3) is 5.14. The highest BCUT2D eigenvalue weighted by Crippen LogP contribution is 2.20. The first-order valence-corrected chi connectivity index (χ1v) is 10.3. The molecule has 0 aliphatic carbocycles. The van der Waals surface area contributed by atoms with Crippen molar-refractivity contribution in [3.05, 3.63) is 48.2 Å². The molecule has 0 spiro atoms. The molecule has 0 unspecified atom stereocenters. The topological polar surface area (TPSA) is 74.3 Å². The Hall–Kier alpha value is -2.26. The molecule has 6 nitrogen and oxygen atoms in total. The summed E-state index contributed by atoms with van der Waals surface area (Å²) in [4.78, 5) is 6.46. The number of aromatic nitrogens is 1. The lowest BCUT2D eigenvalue weighted by atomic mass is 10.1. The number of rotatable bonds is 6. The Morgan fingerprint density at radius 2 is 1.81 bits per heavy atom. The van der Waals surface area contributed by atoms with Gasteiger partial charge in [-0.1, -0.05) is 6.92 Å². The second-order valence-electron chi connectivity index (χ2n) is 6.50. The molecule has 0 amide bonds. The molecule has 1 saturated heterocycles. The molecule has 9 heteroatoms. The van der Waals surface area contributed by atoms with Gasteiger partial charge in [0.25, 0.3) is 10.0 Å². The van der Waals surface area contributed by atoms with Crippen molar-refractivity contribution < 1.29 is 17.2 Å². The molecule has 27 heavy (non-hydrogen) atoms. The summed E-state index contributed by atoms with van der Waals surface area (Å²) in [6.45, 7) is 5.23. The van der Waals surface area contributed by atoms with E-state index in [1.165, 1.54) is 12.3 Å². The van der Waals surface area contributed by atoms with Crippen LogP contribution in [0.4, 0.5) is 20.3 Å². The number of anilines is 2. The molecule has 1 aromatic heterocycles. The SMILES string of the molecule is CCN1CCC(Nc2ccc(S(=O)(=O)Nc3cc(F)cc(F)c3)cn2)CC1. The van der Waals surface area contributed by atoms with E-state index in [0.717, 1.165) is 44.6 Å². The van der Waals surface area contributed by atoms with Gasteiger partial charge in [-0.2, -0.15) is 0 Å². The molecule has 2 aromatic rings. The summed E-state index contributed by atoms with van der Waals surface area (Å²) in [6.07, 6.45) is 3.23. The lowest BCUT2D eigenvalue weighted by Crippen LogP contribution is -2.38. The summed E-state index contributed by atoms with van der Waals surface area (Å²) in [5.74, 6) is -1.13. The molecule has 3 rings (SSSR count). The quantitative estimate of drug-likeness (QED) is 0.785. The minimum absolute atomic E-state index is 0.0847. The van der Waals surface area contributed by atoms with E-state index in [-0.39, 0.29) is 10.6 Å². The van der Waals surface area contributed by atoms with E-state index < -0.39 is 21.7 Å². The predicted molar refractivity (Wildman–Crippen MR) is 100 cm³/mol. The zero-order valence-corrected chi connectivity index (χ0v) is 15.8. The molecule has 0 saturated carbocycles. The molecule has 2 heterocycles. The third-order valence-corrected chi connectivity index (χ3v) is 5.91. The second-order valence-corrected chi connectivity index (χ2v) is 8.18. The normalized spacial score (nSPS) is 16.3. The van der Waals surface area contributed by atoms with Crippen LogP contribution >= 0.6 is 0 Å². The van der Waals surface area contributed by atoms with Gasteiger partial charge < -0.3 is 10.2 Å². The van der Waals surface area contributed by atoms with Crippen molar-refractivity contribution >= 4 is 21.5 Å². The first-order valence-electron chi connectivity index (χ1n) is 8.79. The number of sulfonamides is 1. The van der Waals surface area contributed by atoms with Crippen molar-refractivity contribution in [3.63, 3.8) is 0 Å². The summed E-state index contributed by atoms with van der Waals surface area (Å²) in [5, 5.41) is 3.32. The molecule has 1 aliphatic heterocycles. The fourth-order valence-electron chi connectivity index (χ4n) is 3.05. The largest absolute Gasteiger partial charge is 0.367 e. The first-order chi connectivity index (χ1) is 12.9. The maximum absolute atomic E-state index is 13.2. The highest BCUT2D eigenvalue weighted by molar-refractivity contribution is 7.92. The van der Waals surface area contributed by atoms with Gasteiger partial charge in [0.2, 0.25) is 0 Å². The lowest BCUT2D eigenvalue weighted by Gasteiger charge is -2.31. The van der Waals surface area contributed by atoms with E-state index in [2.05, 4.69) is 26.8 Å². The fourth-order valence-corrected chi connectivity index (χ4v) is 4.04. The van der Waals surface area contributed by atoms with Crippen LogP contribution in [0.2, 0.25) is 0 Å². The van der Waals surface area contributed by atoms with Crippen molar-refractivity contribution in [2.45, 2.75) is 30.7 Å². The second kappa shape index (κ2) is 8.18. The zero-order valence-electron chi connectivity index (χ0n) is 15.0. The molecule has 2 N–H and O–H groups in total. The number of hydrogen-bond donors (Lipinski definition) is 2. The zero-order chi connectivity index (χ0) is 19.4. The summed E-state index contributed by atoms with van der Waals surface area (Å²) in [6, 6.07) is 5.79. The Morgan fingerprint density at radius 1 is 1.15 bits per heavy atom. The van der Waals surface area contributed by atoms with Gasteiger partial charge in [0.15, 0.2) is 0 Å². The molecular weight excluding hydrogens is 374 g/mol. The van der Waals surface area contributed by atoms with Gasteiger partial charge in [0, 0.05) is 31.4 Å². The number of benzene rings is 1. The number of nitrogens with one attached hydrogen (secondary N) is 2. The van der Waals surface area contributed by atoms with Crippen LogP contribution in [0.3, 0.4) is 0 Å². The van der Waals surface area contributed by atoms with Crippen LogP contribution in [0.25, 0.3) is 0 Å². The van der Waals surface area contributed by atoms with Crippen molar-refractivity contribution in [2.75, 3.05) is 29.7 Å². The number of halogens is 2. The molecule has 0 atom stereocenters. The molecule has 0 bridgehead atoms. The van der Waals surface area contributed by atoms with E-state index in [0.29, 0.717) is 17.9 Å². The maximum Gasteiger partial charge on any atom is 0.263 e. The Balaban J connectivity index is 1.65. The van der Waals surface area contributed by atoms with Crippen LogP contribution in [-0.4, -0.2) is 44.0 Å². The molecule has 1 fully saturated rings. The van der Waals surface area contributed by atoms with Crippen LogP contribution in [0, 0.1) is 11.6 Å². The van der Waals surface area contributed by atoms with E-state index in [1.807, 2.05) is 0 Å². The van der Waals surface area contributed by atoms with Crippen molar-refractivity contribution in [1.29, 1.82) is 0 Å². The Kier molecular flexibility index (Phi) is 5.91. The van der Waals surface area contributed by atoms with Gasteiger partial charge in [-0.25, -0.2) is 22.2 Å². The van der Waals surface area contributed by atoms with Crippen molar-refractivity contribution in [1.82, 2.24) is 9.88 Å².